The quantitative estimate of drug-likeness (QED) is 0.609. The summed E-state index contributed by atoms with van der Waals surface area (Å²) in [6, 6.07) is 9.64. The fourth-order valence-electron chi connectivity index (χ4n) is 2.56. The van der Waals surface area contributed by atoms with Crippen molar-refractivity contribution in [2.75, 3.05) is 11.9 Å². The standard InChI is InChI=1S/C17H16N6O/c1-12-5-6-13(24-12)7-9-19-16-14-10-22-23(17(14)21-11-20-16)15-4-2-3-8-18-15/h2-6,8,10-11H,7,9H2,1H3,(H,19,20,21). The van der Waals surface area contributed by atoms with Crippen molar-refractivity contribution in [3.8, 4) is 5.82 Å². The van der Waals surface area contributed by atoms with Gasteiger partial charge in [-0.25, -0.2) is 15.0 Å². The summed E-state index contributed by atoms with van der Waals surface area (Å²) in [4.78, 5) is 13.0. The molecule has 1 N–H and O–H groups in total. The molecule has 4 rings (SSSR count). The number of nitrogens with zero attached hydrogens (tertiary/aromatic N) is 5. The monoisotopic (exact) mass is 320 g/mol. The Balaban J connectivity index is 1.57. The molecule has 0 spiro atoms. The largest absolute Gasteiger partial charge is 0.466 e. The van der Waals surface area contributed by atoms with E-state index in [4.69, 9.17) is 4.42 Å². The molecule has 0 fully saturated rings. The van der Waals surface area contributed by atoms with Gasteiger partial charge in [0, 0.05) is 19.2 Å². The highest BCUT2D eigenvalue weighted by Gasteiger charge is 2.11. The van der Waals surface area contributed by atoms with E-state index in [1.807, 2.05) is 37.3 Å². The Morgan fingerprint density at radius 3 is 2.88 bits per heavy atom. The number of furan rings is 1. The predicted molar refractivity (Wildman–Crippen MR) is 90.1 cm³/mol. The third-order valence-electron chi connectivity index (χ3n) is 3.69. The zero-order valence-corrected chi connectivity index (χ0v) is 13.2. The molecule has 4 heterocycles. The van der Waals surface area contributed by atoms with Crippen LogP contribution < -0.4 is 5.32 Å². The number of nitrogens with one attached hydrogen (secondary N) is 1. The smallest absolute Gasteiger partial charge is 0.170 e. The normalized spacial score (nSPS) is 11.0. The first-order valence-corrected chi connectivity index (χ1v) is 7.70. The molecule has 0 unspecified atom stereocenters. The number of anilines is 1. The van der Waals surface area contributed by atoms with Gasteiger partial charge in [0.1, 0.15) is 23.7 Å². The third-order valence-corrected chi connectivity index (χ3v) is 3.69. The fraction of sp³-hybridized carbons (Fsp3) is 0.176. The van der Waals surface area contributed by atoms with Gasteiger partial charge in [-0.05, 0) is 31.2 Å². The Morgan fingerprint density at radius 1 is 1.12 bits per heavy atom. The number of aromatic nitrogens is 5. The second kappa shape index (κ2) is 6.11. The minimum Gasteiger partial charge on any atom is -0.466 e. The van der Waals surface area contributed by atoms with E-state index in [1.54, 1.807) is 17.1 Å². The minimum absolute atomic E-state index is 0.716. The summed E-state index contributed by atoms with van der Waals surface area (Å²) in [5, 5.41) is 8.57. The van der Waals surface area contributed by atoms with Crippen molar-refractivity contribution >= 4 is 16.9 Å². The van der Waals surface area contributed by atoms with Gasteiger partial charge in [0.05, 0.1) is 11.6 Å². The van der Waals surface area contributed by atoms with Crippen LogP contribution in [0.4, 0.5) is 5.82 Å². The molecule has 7 nitrogen and oxygen atoms in total. The zero-order chi connectivity index (χ0) is 16.4. The highest BCUT2D eigenvalue weighted by Crippen LogP contribution is 2.20. The van der Waals surface area contributed by atoms with E-state index in [2.05, 4.69) is 25.4 Å². The van der Waals surface area contributed by atoms with Crippen LogP contribution in [0.25, 0.3) is 16.9 Å². The SMILES string of the molecule is Cc1ccc(CCNc2ncnc3c2cnn3-c2ccccn2)o1. The lowest BCUT2D eigenvalue weighted by atomic mass is 10.3. The van der Waals surface area contributed by atoms with E-state index in [9.17, 15) is 0 Å². The Labute approximate surface area is 138 Å². The summed E-state index contributed by atoms with van der Waals surface area (Å²) in [5.74, 6) is 3.36. The van der Waals surface area contributed by atoms with Crippen LogP contribution in [0, 0.1) is 6.92 Å². The van der Waals surface area contributed by atoms with Crippen molar-refractivity contribution in [1.29, 1.82) is 0 Å². The zero-order valence-electron chi connectivity index (χ0n) is 13.2. The minimum atomic E-state index is 0.716. The Morgan fingerprint density at radius 2 is 2.08 bits per heavy atom. The number of pyridine rings is 1. The van der Waals surface area contributed by atoms with Gasteiger partial charge in [-0.1, -0.05) is 6.07 Å². The Kier molecular flexibility index (Phi) is 3.66. The van der Waals surface area contributed by atoms with E-state index in [0.29, 0.717) is 6.54 Å². The van der Waals surface area contributed by atoms with Gasteiger partial charge in [-0.15, -0.1) is 0 Å². The van der Waals surface area contributed by atoms with Crippen molar-refractivity contribution in [3.05, 3.63) is 60.6 Å². The molecule has 0 aliphatic carbocycles. The molecule has 0 radical (unpaired) electrons. The first-order chi connectivity index (χ1) is 11.8. The molecule has 0 amide bonds. The highest BCUT2D eigenvalue weighted by atomic mass is 16.3. The van der Waals surface area contributed by atoms with Crippen LogP contribution >= 0.6 is 0 Å². The first kappa shape index (κ1) is 14.4. The van der Waals surface area contributed by atoms with Crippen LogP contribution in [0.2, 0.25) is 0 Å². The van der Waals surface area contributed by atoms with Crippen molar-refractivity contribution < 1.29 is 4.42 Å². The third kappa shape index (κ3) is 2.71. The van der Waals surface area contributed by atoms with Crippen LogP contribution in [-0.2, 0) is 6.42 Å². The molecule has 7 heteroatoms. The van der Waals surface area contributed by atoms with E-state index in [-0.39, 0.29) is 0 Å². The van der Waals surface area contributed by atoms with Crippen molar-refractivity contribution in [2.45, 2.75) is 13.3 Å². The molecule has 0 saturated heterocycles. The number of fused-ring (bicyclic) bond motifs is 1. The summed E-state index contributed by atoms with van der Waals surface area (Å²) in [7, 11) is 0. The fourth-order valence-corrected chi connectivity index (χ4v) is 2.56. The van der Waals surface area contributed by atoms with Gasteiger partial charge < -0.3 is 9.73 Å². The molecular formula is C17H16N6O. The lowest BCUT2D eigenvalue weighted by molar-refractivity contribution is 0.486. The second-order valence-corrected chi connectivity index (χ2v) is 5.39. The lowest BCUT2D eigenvalue weighted by Crippen LogP contribution is -2.07. The molecule has 4 aromatic heterocycles. The van der Waals surface area contributed by atoms with Crippen molar-refractivity contribution in [1.82, 2.24) is 24.7 Å². The molecule has 0 bridgehead atoms. The average Bonchev–Trinajstić information content (AvgIpc) is 3.22. The van der Waals surface area contributed by atoms with Gasteiger partial charge in [0.2, 0.25) is 0 Å². The van der Waals surface area contributed by atoms with Gasteiger partial charge in [0.15, 0.2) is 11.5 Å². The van der Waals surface area contributed by atoms with E-state index >= 15 is 0 Å². The summed E-state index contributed by atoms with van der Waals surface area (Å²) in [5.41, 5.74) is 0.722. The van der Waals surface area contributed by atoms with Crippen LogP contribution in [0.15, 0.2) is 53.5 Å². The molecule has 120 valence electrons. The average molecular weight is 320 g/mol. The van der Waals surface area contributed by atoms with Gasteiger partial charge in [0.25, 0.3) is 0 Å². The number of aryl methyl sites for hydroxylation is 1. The summed E-state index contributed by atoms with van der Waals surface area (Å²) >= 11 is 0. The van der Waals surface area contributed by atoms with Crippen LogP contribution in [0.3, 0.4) is 0 Å². The maximum atomic E-state index is 5.57. The Bertz CT molecular complexity index is 960. The highest BCUT2D eigenvalue weighted by molar-refractivity contribution is 5.86. The van der Waals surface area contributed by atoms with Crippen LogP contribution in [-0.4, -0.2) is 31.3 Å². The Hall–Kier alpha value is -3.22. The molecular weight excluding hydrogens is 304 g/mol. The van der Waals surface area contributed by atoms with Crippen molar-refractivity contribution in [3.63, 3.8) is 0 Å². The van der Waals surface area contributed by atoms with Gasteiger partial charge in [-0.3, -0.25) is 0 Å². The molecule has 24 heavy (non-hydrogen) atoms. The second-order valence-electron chi connectivity index (χ2n) is 5.39. The summed E-state index contributed by atoms with van der Waals surface area (Å²) in [6.45, 7) is 2.66. The van der Waals surface area contributed by atoms with Crippen LogP contribution in [0.5, 0.6) is 0 Å². The molecule has 0 aliphatic heterocycles. The molecule has 0 aromatic carbocycles. The topological polar surface area (TPSA) is 81.7 Å². The number of rotatable bonds is 5. The number of hydrogen-bond acceptors (Lipinski definition) is 6. The summed E-state index contributed by atoms with van der Waals surface area (Å²) in [6.07, 6.45) is 5.80. The maximum absolute atomic E-state index is 5.57. The molecule has 4 aromatic rings. The summed E-state index contributed by atoms with van der Waals surface area (Å²) < 4.78 is 7.28. The van der Waals surface area contributed by atoms with E-state index in [1.165, 1.54) is 6.33 Å². The van der Waals surface area contributed by atoms with Gasteiger partial charge >= 0.3 is 0 Å². The van der Waals surface area contributed by atoms with Gasteiger partial charge in [-0.2, -0.15) is 9.78 Å². The maximum Gasteiger partial charge on any atom is 0.170 e. The lowest BCUT2D eigenvalue weighted by Gasteiger charge is -2.05. The number of hydrogen-bond donors (Lipinski definition) is 1. The van der Waals surface area contributed by atoms with E-state index in [0.717, 1.165) is 40.6 Å². The van der Waals surface area contributed by atoms with Crippen molar-refractivity contribution in [2.24, 2.45) is 0 Å². The molecule has 0 atom stereocenters. The molecule has 0 saturated carbocycles. The molecule has 0 aliphatic rings. The first-order valence-electron chi connectivity index (χ1n) is 7.70. The van der Waals surface area contributed by atoms with Crippen LogP contribution in [0.1, 0.15) is 11.5 Å². The predicted octanol–water partition coefficient (Wildman–Crippen LogP) is 2.77. The van der Waals surface area contributed by atoms with E-state index < -0.39 is 0 Å².